The van der Waals surface area contributed by atoms with E-state index >= 15 is 0 Å². The summed E-state index contributed by atoms with van der Waals surface area (Å²) in [5, 5.41) is 0. The monoisotopic (exact) mass is 276 g/mol. The highest BCUT2D eigenvalue weighted by molar-refractivity contribution is 5.91. The van der Waals surface area contributed by atoms with Crippen molar-refractivity contribution in [1.82, 2.24) is 14.5 Å². The van der Waals surface area contributed by atoms with Crippen LogP contribution in [0.1, 0.15) is 5.56 Å². The summed E-state index contributed by atoms with van der Waals surface area (Å²) in [5.41, 5.74) is 7.92. The number of rotatable bonds is 0. The number of anilines is 1. The second kappa shape index (κ2) is 4.68. The largest absolute Gasteiger partial charge is 0.398 e. The molecular weight excluding hydrogens is 260 g/mol. The number of carbonyl (C=O) groups excluding carboxylic acids is 1. The molecule has 1 saturated heterocycles. The lowest BCUT2D eigenvalue weighted by Gasteiger charge is -2.26. The Bertz CT molecular complexity index is 725. The number of nitrogens with two attached hydrogens (primary N) is 1. The van der Waals surface area contributed by atoms with Crippen LogP contribution >= 0.6 is 0 Å². The molecule has 1 amide bonds. The van der Waals surface area contributed by atoms with Gasteiger partial charge in [-0.2, -0.15) is 0 Å². The van der Waals surface area contributed by atoms with Crippen LogP contribution in [0.15, 0.2) is 16.9 Å². The molecule has 3 rings (SSSR count). The molecule has 2 aromatic rings. The minimum Gasteiger partial charge on any atom is -0.398 e. The van der Waals surface area contributed by atoms with Gasteiger partial charge in [0.15, 0.2) is 0 Å². The SMILES string of the molecule is Cc1cc2c(cc1N)[nH]c(=O)n2C(=O)N1CCOCC1. The summed E-state index contributed by atoms with van der Waals surface area (Å²) in [6.45, 7) is 3.82. The molecule has 0 atom stereocenters. The molecule has 0 saturated carbocycles. The highest BCUT2D eigenvalue weighted by atomic mass is 16.5. The molecule has 1 aliphatic heterocycles. The van der Waals surface area contributed by atoms with E-state index in [0.717, 1.165) is 10.1 Å². The zero-order valence-corrected chi connectivity index (χ0v) is 11.2. The number of fused-ring (bicyclic) bond motifs is 1. The maximum Gasteiger partial charge on any atom is 0.334 e. The number of hydrogen-bond acceptors (Lipinski definition) is 4. The zero-order chi connectivity index (χ0) is 14.3. The molecular formula is C13H16N4O3. The topological polar surface area (TPSA) is 93.3 Å². The molecule has 20 heavy (non-hydrogen) atoms. The van der Waals surface area contributed by atoms with Gasteiger partial charge in [-0.25, -0.2) is 14.2 Å². The Kier molecular flexibility index (Phi) is 2.98. The van der Waals surface area contributed by atoms with Gasteiger partial charge in [-0.15, -0.1) is 0 Å². The van der Waals surface area contributed by atoms with E-state index in [-0.39, 0.29) is 6.03 Å². The van der Waals surface area contributed by atoms with Gasteiger partial charge in [0, 0.05) is 18.8 Å². The lowest BCUT2D eigenvalue weighted by molar-refractivity contribution is 0.0536. The first-order valence-corrected chi connectivity index (χ1v) is 6.46. The molecule has 1 fully saturated rings. The van der Waals surface area contributed by atoms with Gasteiger partial charge in [-0.1, -0.05) is 0 Å². The smallest absolute Gasteiger partial charge is 0.334 e. The Morgan fingerprint density at radius 3 is 2.75 bits per heavy atom. The number of ether oxygens (including phenoxy) is 1. The number of aromatic amines is 1. The number of aromatic nitrogens is 2. The van der Waals surface area contributed by atoms with Gasteiger partial charge in [0.2, 0.25) is 0 Å². The average Bonchev–Trinajstić information content (AvgIpc) is 2.75. The number of morpholine rings is 1. The first-order chi connectivity index (χ1) is 9.58. The van der Waals surface area contributed by atoms with E-state index in [0.29, 0.717) is 43.0 Å². The average molecular weight is 276 g/mol. The van der Waals surface area contributed by atoms with Crippen molar-refractivity contribution >= 4 is 22.8 Å². The zero-order valence-electron chi connectivity index (χ0n) is 11.2. The van der Waals surface area contributed by atoms with Gasteiger partial charge in [-0.3, -0.25) is 0 Å². The van der Waals surface area contributed by atoms with Crippen molar-refractivity contribution in [2.24, 2.45) is 0 Å². The third-order valence-corrected chi connectivity index (χ3v) is 3.54. The van der Waals surface area contributed by atoms with Crippen LogP contribution in [-0.2, 0) is 4.74 Å². The Labute approximate surface area is 114 Å². The highest BCUT2D eigenvalue weighted by Crippen LogP contribution is 2.19. The molecule has 0 spiro atoms. The minimum absolute atomic E-state index is 0.325. The summed E-state index contributed by atoms with van der Waals surface area (Å²) in [4.78, 5) is 28.8. The van der Waals surface area contributed by atoms with Crippen molar-refractivity contribution in [2.75, 3.05) is 32.0 Å². The number of nitrogens with one attached hydrogen (secondary N) is 1. The van der Waals surface area contributed by atoms with Gasteiger partial charge in [0.1, 0.15) is 0 Å². The van der Waals surface area contributed by atoms with E-state index in [9.17, 15) is 9.59 Å². The van der Waals surface area contributed by atoms with Gasteiger partial charge < -0.3 is 20.4 Å². The molecule has 0 bridgehead atoms. The summed E-state index contributed by atoms with van der Waals surface area (Å²) < 4.78 is 6.37. The predicted molar refractivity (Wildman–Crippen MR) is 74.9 cm³/mol. The third-order valence-electron chi connectivity index (χ3n) is 3.54. The number of carbonyl (C=O) groups is 1. The Balaban J connectivity index is 2.10. The number of nitrogens with zero attached hydrogens (tertiary/aromatic N) is 2. The quantitative estimate of drug-likeness (QED) is 0.686. The van der Waals surface area contributed by atoms with Crippen molar-refractivity contribution in [3.05, 3.63) is 28.2 Å². The van der Waals surface area contributed by atoms with Gasteiger partial charge in [-0.05, 0) is 24.6 Å². The van der Waals surface area contributed by atoms with Crippen molar-refractivity contribution in [3.8, 4) is 0 Å². The van der Waals surface area contributed by atoms with Gasteiger partial charge >= 0.3 is 11.7 Å². The second-order valence-electron chi connectivity index (χ2n) is 4.87. The molecule has 1 aromatic carbocycles. The highest BCUT2D eigenvalue weighted by Gasteiger charge is 2.22. The molecule has 0 aliphatic carbocycles. The number of benzene rings is 1. The molecule has 0 unspecified atom stereocenters. The summed E-state index contributed by atoms with van der Waals surface area (Å²) in [6.07, 6.45) is 0. The van der Waals surface area contributed by atoms with E-state index in [1.54, 1.807) is 17.0 Å². The Morgan fingerprint density at radius 1 is 1.35 bits per heavy atom. The first kappa shape index (κ1) is 12.7. The normalized spacial score (nSPS) is 15.8. The van der Waals surface area contributed by atoms with Crippen LogP contribution in [0.5, 0.6) is 0 Å². The first-order valence-electron chi connectivity index (χ1n) is 6.46. The number of aryl methyl sites for hydroxylation is 1. The Morgan fingerprint density at radius 2 is 2.05 bits per heavy atom. The molecule has 3 N–H and O–H groups in total. The second-order valence-corrected chi connectivity index (χ2v) is 4.87. The van der Waals surface area contributed by atoms with E-state index in [4.69, 9.17) is 10.5 Å². The number of nitrogen functional groups attached to an aromatic ring is 1. The number of hydrogen-bond donors (Lipinski definition) is 2. The lowest BCUT2D eigenvalue weighted by atomic mass is 10.2. The fourth-order valence-electron chi connectivity index (χ4n) is 2.36. The van der Waals surface area contributed by atoms with E-state index < -0.39 is 5.69 Å². The van der Waals surface area contributed by atoms with Crippen molar-refractivity contribution in [1.29, 1.82) is 0 Å². The summed E-state index contributed by atoms with van der Waals surface area (Å²) >= 11 is 0. The van der Waals surface area contributed by atoms with Crippen LogP contribution in [0, 0.1) is 6.92 Å². The predicted octanol–water partition coefficient (Wildman–Crippen LogP) is 0.521. The van der Waals surface area contributed by atoms with Gasteiger partial charge in [0.25, 0.3) is 0 Å². The van der Waals surface area contributed by atoms with Crippen LogP contribution in [0.2, 0.25) is 0 Å². The molecule has 0 radical (unpaired) electrons. The van der Waals surface area contributed by atoms with Gasteiger partial charge in [0.05, 0.1) is 24.2 Å². The number of amides is 1. The van der Waals surface area contributed by atoms with Crippen molar-refractivity contribution in [2.45, 2.75) is 6.92 Å². The summed E-state index contributed by atoms with van der Waals surface area (Å²) in [7, 11) is 0. The molecule has 1 aliphatic rings. The molecule has 2 heterocycles. The van der Waals surface area contributed by atoms with Crippen LogP contribution in [-0.4, -0.2) is 46.8 Å². The summed E-state index contributed by atoms with van der Waals surface area (Å²) in [5.74, 6) is 0. The standard InChI is InChI=1S/C13H16N4O3/c1-8-6-11-10(7-9(8)14)15-12(18)17(11)13(19)16-2-4-20-5-3-16/h6-7H,2-5,14H2,1H3,(H,15,18). The molecule has 7 heteroatoms. The molecule has 106 valence electrons. The van der Waals surface area contributed by atoms with Crippen LogP contribution in [0.25, 0.3) is 11.0 Å². The van der Waals surface area contributed by atoms with Crippen LogP contribution in [0.3, 0.4) is 0 Å². The Hall–Kier alpha value is -2.28. The van der Waals surface area contributed by atoms with Crippen LogP contribution < -0.4 is 11.4 Å². The lowest BCUT2D eigenvalue weighted by Crippen LogP contribution is -2.45. The van der Waals surface area contributed by atoms with Crippen molar-refractivity contribution in [3.63, 3.8) is 0 Å². The van der Waals surface area contributed by atoms with Crippen LogP contribution in [0.4, 0.5) is 10.5 Å². The molecule has 1 aromatic heterocycles. The summed E-state index contributed by atoms with van der Waals surface area (Å²) in [6, 6.07) is 3.10. The van der Waals surface area contributed by atoms with Crippen molar-refractivity contribution < 1.29 is 9.53 Å². The maximum atomic E-state index is 12.5. The fraction of sp³-hybridized carbons (Fsp3) is 0.385. The van der Waals surface area contributed by atoms with E-state index in [1.807, 2.05) is 6.92 Å². The fourth-order valence-corrected chi connectivity index (χ4v) is 2.36. The van der Waals surface area contributed by atoms with E-state index in [1.165, 1.54) is 0 Å². The molecule has 7 nitrogen and oxygen atoms in total. The van der Waals surface area contributed by atoms with E-state index in [2.05, 4.69) is 4.98 Å². The number of H-pyrrole nitrogens is 1. The maximum absolute atomic E-state index is 12.5. The minimum atomic E-state index is -0.443. The third kappa shape index (κ3) is 1.96. The number of imidazole rings is 1.